The molecule has 0 saturated carbocycles. The fraction of sp³-hybridized carbons (Fsp3) is 0.800. The highest BCUT2D eigenvalue weighted by Crippen LogP contribution is 2.11. The lowest BCUT2D eigenvalue weighted by atomic mass is 10.1. The zero-order valence-electron chi connectivity index (χ0n) is 9.35. The molecule has 6 nitrogen and oxygen atoms in total. The van der Waals surface area contributed by atoms with Crippen LogP contribution in [0.4, 0.5) is 0 Å². The van der Waals surface area contributed by atoms with Crippen LogP contribution in [-0.2, 0) is 9.59 Å². The van der Waals surface area contributed by atoms with Crippen molar-refractivity contribution in [3.63, 3.8) is 0 Å². The van der Waals surface area contributed by atoms with Gasteiger partial charge in [0.2, 0.25) is 5.91 Å². The molecule has 92 valence electrons. The van der Waals surface area contributed by atoms with E-state index < -0.39 is 17.9 Å². The Hall–Kier alpha value is -1.14. The first-order valence-corrected chi connectivity index (χ1v) is 5.47. The normalized spacial score (nSPS) is 23.8. The number of nitrogens with zero attached hydrogens (tertiary/aromatic N) is 1. The second-order valence-corrected chi connectivity index (χ2v) is 4.10. The zero-order chi connectivity index (χ0) is 12.1. The molecule has 1 heterocycles. The number of hydrogen-bond acceptors (Lipinski definition) is 4. The Kier molecular flexibility index (Phi) is 4.70. The van der Waals surface area contributed by atoms with Gasteiger partial charge in [0.15, 0.2) is 0 Å². The highest BCUT2D eigenvalue weighted by Gasteiger charge is 2.28. The third-order valence-electron chi connectivity index (χ3n) is 2.70. The van der Waals surface area contributed by atoms with Gasteiger partial charge in [-0.15, -0.1) is 0 Å². The first kappa shape index (κ1) is 12.9. The highest BCUT2D eigenvalue weighted by atomic mass is 16.5. The van der Waals surface area contributed by atoms with Gasteiger partial charge >= 0.3 is 0 Å². The Morgan fingerprint density at radius 2 is 2.31 bits per heavy atom. The van der Waals surface area contributed by atoms with Crippen LogP contribution in [0.3, 0.4) is 0 Å². The van der Waals surface area contributed by atoms with Gasteiger partial charge in [0.1, 0.15) is 6.04 Å². The van der Waals surface area contributed by atoms with Crippen LogP contribution in [0.1, 0.15) is 26.2 Å². The van der Waals surface area contributed by atoms with Gasteiger partial charge in [0.25, 0.3) is 5.91 Å². The van der Waals surface area contributed by atoms with Crippen LogP contribution in [0.15, 0.2) is 0 Å². The summed E-state index contributed by atoms with van der Waals surface area (Å²) in [7, 11) is 0. The summed E-state index contributed by atoms with van der Waals surface area (Å²) in [6.07, 6.45) is 2.03. The Balaban J connectivity index is 2.57. The van der Waals surface area contributed by atoms with Crippen molar-refractivity contribution in [2.24, 2.45) is 5.92 Å². The number of aliphatic hydroxyl groups is 1. The molecule has 1 rings (SSSR count). The number of aliphatic hydroxyl groups excluding tert-OH is 1. The topological polar surface area (TPSA) is 89.9 Å². The van der Waals surface area contributed by atoms with Crippen molar-refractivity contribution >= 4 is 11.8 Å². The number of hydrogen-bond donors (Lipinski definition) is 3. The van der Waals surface area contributed by atoms with Crippen LogP contribution >= 0.6 is 0 Å². The average molecular weight is 230 g/mol. The minimum Gasteiger partial charge on any atom is -0.396 e. The van der Waals surface area contributed by atoms with E-state index >= 15 is 0 Å². The Morgan fingerprint density at radius 3 is 2.94 bits per heavy atom. The summed E-state index contributed by atoms with van der Waals surface area (Å²) in [4.78, 5) is 23.1. The first-order valence-electron chi connectivity index (χ1n) is 5.47. The molecule has 1 fully saturated rings. The summed E-state index contributed by atoms with van der Waals surface area (Å²) in [6, 6.07) is -0.672. The standard InChI is InChI=1S/C10H18N2O4/c1-7(6-13)9(14)11-8-4-2-3-5-12(16)10(8)15/h7-8,13,16H,2-6H2,1H3,(H,11,14)/t7-,8-/m0/s1. The molecule has 1 aliphatic rings. The summed E-state index contributed by atoms with van der Waals surface area (Å²) < 4.78 is 0. The average Bonchev–Trinajstić information content (AvgIpc) is 2.43. The van der Waals surface area contributed by atoms with E-state index in [-0.39, 0.29) is 12.5 Å². The van der Waals surface area contributed by atoms with Crippen molar-refractivity contribution < 1.29 is 19.9 Å². The molecule has 0 radical (unpaired) electrons. The molecule has 2 atom stereocenters. The summed E-state index contributed by atoms with van der Waals surface area (Å²) in [5.74, 6) is -1.38. The number of hydroxylamine groups is 2. The fourth-order valence-electron chi connectivity index (χ4n) is 1.55. The van der Waals surface area contributed by atoms with Crippen molar-refractivity contribution in [1.82, 2.24) is 10.4 Å². The second-order valence-electron chi connectivity index (χ2n) is 4.10. The third-order valence-corrected chi connectivity index (χ3v) is 2.70. The lowest BCUT2D eigenvalue weighted by Gasteiger charge is -2.20. The smallest absolute Gasteiger partial charge is 0.268 e. The molecule has 0 spiro atoms. The molecule has 3 N–H and O–H groups in total. The van der Waals surface area contributed by atoms with Crippen molar-refractivity contribution in [2.45, 2.75) is 32.2 Å². The van der Waals surface area contributed by atoms with E-state index in [2.05, 4.69) is 5.32 Å². The number of carbonyl (C=O) groups is 2. The Bertz CT molecular complexity index is 270. The molecule has 0 aromatic rings. The van der Waals surface area contributed by atoms with Crippen LogP contribution in [0.25, 0.3) is 0 Å². The number of nitrogens with one attached hydrogen (secondary N) is 1. The van der Waals surface area contributed by atoms with E-state index in [1.165, 1.54) is 0 Å². The van der Waals surface area contributed by atoms with Gasteiger partial charge in [-0.25, -0.2) is 5.06 Å². The molecule has 0 aliphatic carbocycles. The van der Waals surface area contributed by atoms with Gasteiger partial charge in [-0.05, 0) is 19.3 Å². The SMILES string of the molecule is C[C@@H](CO)C(=O)N[C@H]1CCCCN(O)C1=O. The Labute approximate surface area is 94.2 Å². The van der Waals surface area contributed by atoms with Gasteiger partial charge in [-0.1, -0.05) is 6.92 Å². The molecule has 6 heteroatoms. The molecular formula is C10H18N2O4. The van der Waals surface area contributed by atoms with E-state index in [9.17, 15) is 14.8 Å². The molecule has 0 unspecified atom stereocenters. The fourth-order valence-corrected chi connectivity index (χ4v) is 1.55. The van der Waals surface area contributed by atoms with E-state index in [1.807, 2.05) is 0 Å². The molecule has 0 bridgehead atoms. The van der Waals surface area contributed by atoms with Crippen molar-refractivity contribution in [3.05, 3.63) is 0 Å². The quantitative estimate of drug-likeness (QED) is 0.570. The Morgan fingerprint density at radius 1 is 1.62 bits per heavy atom. The summed E-state index contributed by atoms with van der Waals surface area (Å²) in [5.41, 5.74) is 0. The number of carbonyl (C=O) groups excluding carboxylic acids is 2. The monoisotopic (exact) mass is 230 g/mol. The minimum atomic E-state index is -0.672. The molecule has 0 aromatic heterocycles. The molecule has 2 amide bonds. The van der Waals surface area contributed by atoms with Gasteiger partial charge in [0, 0.05) is 6.54 Å². The number of rotatable bonds is 3. The summed E-state index contributed by atoms with van der Waals surface area (Å²) >= 11 is 0. The summed E-state index contributed by atoms with van der Waals surface area (Å²) in [6.45, 7) is 1.63. The van der Waals surface area contributed by atoms with Crippen LogP contribution in [0, 0.1) is 5.92 Å². The molecule has 16 heavy (non-hydrogen) atoms. The van der Waals surface area contributed by atoms with Crippen LogP contribution < -0.4 is 5.32 Å². The van der Waals surface area contributed by atoms with Gasteiger partial charge < -0.3 is 10.4 Å². The maximum absolute atomic E-state index is 11.6. The molecule has 1 aliphatic heterocycles. The van der Waals surface area contributed by atoms with Crippen LogP contribution in [-0.4, -0.2) is 46.4 Å². The van der Waals surface area contributed by atoms with Crippen molar-refractivity contribution in [1.29, 1.82) is 0 Å². The van der Waals surface area contributed by atoms with E-state index in [0.29, 0.717) is 18.0 Å². The van der Waals surface area contributed by atoms with Gasteiger partial charge in [-0.3, -0.25) is 14.8 Å². The van der Waals surface area contributed by atoms with Crippen molar-refractivity contribution in [3.8, 4) is 0 Å². The van der Waals surface area contributed by atoms with E-state index in [4.69, 9.17) is 5.11 Å². The van der Waals surface area contributed by atoms with E-state index in [0.717, 1.165) is 12.8 Å². The lowest BCUT2D eigenvalue weighted by molar-refractivity contribution is -0.167. The minimum absolute atomic E-state index is 0.254. The second kappa shape index (κ2) is 5.81. The predicted octanol–water partition coefficient (Wildman–Crippen LogP) is -0.499. The molecule has 0 aromatic carbocycles. The predicted molar refractivity (Wildman–Crippen MR) is 55.5 cm³/mol. The maximum atomic E-state index is 11.6. The summed E-state index contributed by atoms with van der Waals surface area (Å²) in [5, 5.41) is 21.3. The van der Waals surface area contributed by atoms with E-state index in [1.54, 1.807) is 6.92 Å². The maximum Gasteiger partial charge on any atom is 0.268 e. The lowest BCUT2D eigenvalue weighted by Crippen LogP contribution is -2.48. The van der Waals surface area contributed by atoms with Crippen LogP contribution in [0.5, 0.6) is 0 Å². The first-order chi connectivity index (χ1) is 7.56. The largest absolute Gasteiger partial charge is 0.396 e. The van der Waals surface area contributed by atoms with Gasteiger partial charge in [0.05, 0.1) is 12.5 Å². The van der Waals surface area contributed by atoms with Crippen molar-refractivity contribution in [2.75, 3.05) is 13.2 Å². The highest BCUT2D eigenvalue weighted by molar-refractivity contribution is 5.88. The number of amides is 2. The zero-order valence-corrected chi connectivity index (χ0v) is 9.35. The molecular weight excluding hydrogens is 212 g/mol. The van der Waals surface area contributed by atoms with Gasteiger partial charge in [-0.2, -0.15) is 0 Å². The third kappa shape index (κ3) is 3.18. The molecule has 1 saturated heterocycles. The van der Waals surface area contributed by atoms with Crippen LogP contribution in [0.2, 0.25) is 0 Å².